The molecule has 0 amide bonds. The molecular formula is C18H18O4. The van der Waals surface area contributed by atoms with E-state index in [0.29, 0.717) is 5.56 Å². The Labute approximate surface area is 129 Å². The molecule has 0 fully saturated rings. The fraction of sp³-hybridized carbons (Fsp3) is 0.222. The van der Waals surface area contributed by atoms with E-state index in [4.69, 9.17) is 9.47 Å². The van der Waals surface area contributed by atoms with Crippen LogP contribution in [0.4, 0.5) is 0 Å². The summed E-state index contributed by atoms with van der Waals surface area (Å²) in [5, 5.41) is 1.82. The van der Waals surface area contributed by atoms with Crippen LogP contribution >= 0.6 is 0 Å². The number of carbonyl (C=O) groups is 2. The summed E-state index contributed by atoms with van der Waals surface area (Å²) >= 11 is 0. The molecule has 0 saturated heterocycles. The first kappa shape index (κ1) is 15.9. The highest BCUT2D eigenvalue weighted by Crippen LogP contribution is 2.19. The van der Waals surface area contributed by atoms with Crippen molar-refractivity contribution >= 4 is 22.5 Å². The Bertz CT molecular complexity index is 685. The lowest BCUT2D eigenvalue weighted by molar-refractivity contribution is -0.154. The third-order valence-electron chi connectivity index (χ3n) is 3.23. The Hall–Kier alpha value is -2.46. The molecule has 0 N–H and O–H groups in total. The van der Waals surface area contributed by atoms with E-state index >= 15 is 0 Å². The first-order valence-electron chi connectivity index (χ1n) is 7.03. The lowest BCUT2D eigenvalue weighted by Gasteiger charge is -2.11. The van der Waals surface area contributed by atoms with Crippen molar-refractivity contribution < 1.29 is 19.1 Å². The summed E-state index contributed by atoms with van der Waals surface area (Å²) in [7, 11) is 0. The van der Waals surface area contributed by atoms with Crippen molar-refractivity contribution in [2.45, 2.75) is 13.0 Å². The number of benzene rings is 2. The van der Waals surface area contributed by atoms with Crippen LogP contribution < -0.4 is 0 Å². The summed E-state index contributed by atoms with van der Waals surface area (Å²) in [5.41, 5.74) is 0.547. The zero-order valence-electron chi connectivity index (χ0n) is 12.5. The number of fused-ring (bicyclic) bond motifs is 1. The van der Waals surface area contributed by atoms with E-state index in [0.717, 1.165) is 10.8 Å². The van der Waals surface area contributed by atoms with Crippen LogP contribution in [0.1, 0.15) is 17.3 Å². The molecule has 4 nitrogen and oxygen atoms in total. The summed E-state index contributed by atoms with van der Waals surface area (Å²) < 4.78 is 10.2. The maximum atomic E-state index is 12.3. The van der Waals surface area contributed by atoms with Gasteiger partial charge < -0.3 is 9.47 Å². The second-order valence-electron chi connectivity index (χ2n) is 4.82. The number of rotatable bonds is 7. The van der Waals surface area contributed by atoms with Gasteiger partial charge in [0, 0.05) is 5.56 Å². The molecule has 0 aliphatic rings. The van der Waals surface area contributed by atoms with Gasteiger partial charge in [-0.1, -0.05) is 48.5 Å². The topological polar surface area (TPSA) is 52.6 Å². The van der Waals surface area contributed by atoms with Crippen LogP contribution in [0.3, 0.4) is 0 Å². The van der Waals surface area contributed by atoms with Crippen molar-refractivity contribution in [1.29, 1.82) is 0 Å². The van der Waals surface area contributed by atoms with Gasteiger partial charge in [-0.25, -0.2) is 4.79 Å². The number of ether oxygens (including phenoxy) is 2. The van der Waals surface area contributed by atoms with Crippen LogP contribution in [0.15, 0.2) is 55.1 Å². The van der Waals surface area contributed by atoms with E-state index in [1.165, 1.54) is 0 Å². The predicted molar refractivity (Wildman–Crippen MR) is 84.8 cm³/mol. The molecule has 0 spiro atoms. The fourth-order valence-electron chi connectivity index (χ4n) is 2.08. The number of Topliss-reactive ketones (excluding diaryl/α,β-unsaturated/α-hetero) is 1. The molecule has 114 valence electrons. The molecule has 0 radical (unpaired) electrons. The largest absolute Gasteiger partial charge is 0.455 e. The van der Waals surface area contributed by atoms with E-state index in [1.54, 1.807) is 19.1 Å². The van der Waals surface area contributed by atoms with Crippen LogP contribution in [-0.4, -0.2) is 31.1 Å². The first-order valence-corrected chi connectivity index (χ1v) is 7.03. The molecule has 0 heterocycles. The smallest absolute Gasteiger partial charge is 0.335 e. The van der Waals surface area contributed by atoms with Gasteiger partial charge in [-0.3, -0.25) is 4.79 Å². The third-order valence-corrected chi connectivity index (χ3v) is 3.23. The average molecular weight is 298 g/mol. The normalized spacial score (nSPS) is 11.9. The highest BCUT2D eigenvalue weighted by Gasteiger charge is 2.17. The number of hydrogen-bond donors (Lipinski definition) is 0. The standard InChI is InChI=1S/C18H18O4/c1-3-11-21-13(2)18(20)22-12-17(19)16-10-6-8-14-7-4-5-9-15(14)16/h3-10,13H,1,11-12H2,2H3. The Morgan fingerprint density at radius 3 is 2.68 bits per heavy atom. The maximum absolute atomic E-state index is 12.3. The maximum Gasteiger partial charge on any atom is 0.335 e. The van der Waals surface area contributed by atoms with Gasteiger partial charge in [0.15, 0.2) is 12.7 Å². The molecule has 4 heteroatoms. The van der Waals surface area contributed by atoms with Crippen molar-refractivity contribution in [1.82, 2.24) is 0 Å². The number of ketones is 1. The number of hydrogen-bond acceptors (Lipinski definition) is 4. The first-order chi connectivity index (χ1) is 10.6. The highest BCUT2D eigenvalue weighted by molar-refractivity contribution is 6.09. The molecule has 0 aliphatic heterocycles. The van der Waals surface area contributed by atoms with Crippen molar-refractivity contribution in [2.75, 3.05) is 13.2 Å². The van der Waals surface area contributed by atoms with Crippen LogP contribution in [0.5, 0.6) is 0 Å². The van der Waals surface area contributed by atoms with Crippen molar-refractivity contribution in [3.8, 4) is 0 Å². The molecule has 2 aromatic carbocycles. The molecule has 2 rings (SSSR count). The molecule has 1 unspecified atom stereocenters. The summed E-state index contributed by atoms with van der Waals surface area (Å²) in [5.74, 6) is -0.795. The summed E-state index contributed by atoms with van der Waals surface area (Å²) in [6.07, 6.45) is 0.823. The average Bonchev–Trinajstić information content (AvgIpc) is 2.56. The zero-order valence-corrected chi connectivity index (χ0v) is 12.5. The van der Waals surface area contributed by atoms with Crippen LogP contribution in [0, 0.1) is 0 Å². The van der Waals surface area contributed by atoms with E-state index in [2.05, 4.69) is 6.58 Å². The van der Waals surface area contributed by atoms with Gasteiger partial charge in [-0.2, -0.15) is 0 Å². The van der Waals surface area contributed by atoms with E-state index in [1.807, 2.05) is 36.4 Å². The Morgan fingerprint density at radius 1 is 1.18 bits per heavy atom. The molecule has 0 saturated carbocycles. The van der Waals surface area contributed by atoms with Crippen LogP contribution in [0.2, 0.25) is 0 Å². The van der Waals surface area contributed by atoms with Crippen molar-refractivity contribution in [2.24, 2.45) is 0 Å². The van der Waals surface area contributed by atoms with Gasteiger partial charge in [-0.05, 0) is 17.7 Å². The van der Waals surface area contributed by atoms with Crippen LogP contribution in [0.25, 0.3) is 10.8 Å². The van der Waals surface area contributed by atoms with Crippen LogP contribution in [-0.2, 0) is 14.3 Å². The van der Waals surface area contributed by atoms with Gasteiger partial charge in [-0.15, -0.1) is 6.58 Å². The molecule has 0 bridgehead atoms. The highest BCUT2D eigenvalue weighted by atomic mass is 16.6. The monoisotopic (exact) mass is 298 g/mol. The minimum absolute atomic E-state index is 0.235. The Kier molecular flexibility index (Phi) is 5.44. The fourth-order valence-corrected chi connectivity index (χ4v) is 2.08. The number of esters is 1. The lowest BCUT2D eigenvalue weighted by atomic mass is 10.0. The third kappa shape index (κ3) is 3.80. The molecule has 22 heavy (non-hydrogen) atoms. The molecule has 0 aromatic heterocycles. The second-order valence-corrected chi connectivity index (χ2v) is 4.82. The van der Waals surface area contributed by atoms with E-state index in [-0.39, 0.29) is 19.0 Å². The number of carbonyl (C=O) groups excluding carboxylic acids is 2. The second kappa shape index (κ2) is 7.52. The Balaban J connectivity index is 2.03. The van der Waals surface area contributed by atoms with Gasteiger partial charge in [0.1, 0.15) is 0 Å². The zero-order chi connectivity index (χ0) is 15.9. The minimum atomic E-state index is -0.724. The van der Waals surface area contributed by atoms with E-state index in [9.17, 15) is 9.59 Å². The SMILES string of the molecule is C=CCOC(C)C(=O)OCC(=O)c1cccc2ccccc12. The quantitative estimate of drug-likeness (QED) is 0.447. The van der Waals surface area contributed by atoms with Gasteiger partial charge in [0.25, 0.3) is 0 Å². The summed E-state index contributed by atoms with van der Waals surface area (Å²) in [6, 6.07) is 13.1. The molecule has 0 aliphatic carbocycles. The van der Waals surface area contributed by atoms with Gasteiger partial charge in [0.2, 0.25) is 5.78 Å². The molecule has 2 aromatic rings. The minimum Gasteiger partial charge on any atom is -0.455 e. The Morgan fingerprint density at radius 2 is 1.91 bits per heavy atom. The van der Waals surface area contributed by atoms with Gasteiger partial charge >= 0.3 is 5.97 Å². The predicted octanol–water partition coefficient (Wildman–Crippen LogP) is 3.16. The summed E-state index contributed by atoms with van der Waals surface area (Å²) in [4.78, 5) is 24.0. The molecular weight excluding hydrogens is 280 g/mol. The van der Waals surface area contributed by atoms with Crippen molar-refractivity contribution in [3.63, 3.8) is 0 Å². The molecule has 1 atom stereocenters. The summed E-state index contributed by atoms with van der Waals surface area (Å²) in [6.45, 7) is 5.04. The van der Waals surface area contributed by atoms with Crippen molar-refractivity contribution in [3.05, 3.63) is 60.7 Å². The lowest BCUT2D eigenvalue weighted by Crippen LogP contribution is -2.26. The van der Waals surface area contributed by atoms with Gasteiger partial charge in [0.05, 0.1) is 6.61 Å². The van der Waals surface area contributed by atoms with E-state index < -0.39 is 12.1 Å².